The van der Waals surface area contributed by atoms with Gasteiger partial charge in [0.1, 0.15) is 5.82 Å². The summed E-state index contributed by atoms with van der Waals surface area (Å²) in [5, 5.41) is 2.27. The van der Waals surface area contributed by atoms with Crippen molar-refractivity contribution in [3.05, 3.63) is 90.5 Å². The standard InChI is InChI=1S/C27H26N4O/c1-29-18-15-28-25(29)19-30-16-13-27(14-17-30)22-10-4-5-11-24(22)31(26(27)32)23-12-6-8-20-7-2-3-9-21(20)23/h2-12,15,18H,13-14,16-17,19H2,1H3. The zero-order valence-corrected chi connectivity index (χ0v) is 18.2. The minimum atomic E-state index is -0.453. The summed E-state index contributed by atoms with van der Waals surface area (Å²) in [5.41, 5.74) is 2.74. The van der Waals surface area contributed by atoms with Crippen molar-refractivity contribution in [1.82, 2.24) is 14.5 Å². The van der Waals surface area contributed by atoms with Gasteiger partial charge in [-0.1, -0.05) is 54.6 Å². The van der Waals surface area contributed by atoms with E-state index >= 15 is 0 Å². The highest BCUT2D eigenvalue weighted by molar-refractivity contribution is 6.16. The molecule has 0 radical (unpaired) electrons. The fraction of sp³-hybridized carbons (Fsp3) is 0.259. The van der Waals surface area contributed by atoms with Gasteiger partial charge < -0.3 is 4.57 Å². The second-order valence-corrected chi connectivity index (χ2v) is 8.97. The molecule has 5 nitrogen and oxygen atoms in total. The number of anilines is 2. The normalized spacial score (nSPS) is 17.9. The molecule has 3 heterocycles. The van der Waals surface area contributed by atoms with Crippen LogP contribution in [0.2, 0.25) is 0 Å². The molecule has 2 aliphatic heterocycles. The Labute approximate surface area is 187 Å². The lowest BCUT2D eigenvalue weighted by atomic mass is 9.73. The Morgan fingerprint density at radius 3 is 2.44 bits per heavy atom. The first-order valence-corrected chi connectivity index (χ1v) is 11.3. The smallest absolute Gasteiger partial charge is 0.242 e. The van der Waals surface area contributed by atoms with Gasteiger partial charge in [-0.15, -0.1) is 0 Å². The van der Waals surface area contributed by atoms with Crippen molar-refractivity contribution >= 4 is 28.1 Å². The Morgan fingerprint density at radius 1 is 0.906 bits per heavy atom. The number of carbonyl (C=O) groups excluding carboxylic acids is 1. The summed E-state index contributed by atoms with van der Waals surface area (Å²) in [6.45, 7) is 2.59. The maximum atomic E-state index is 14.2. The molecule has 1 fully saturated rings. The summed E-state index contributed by atoms with van der Waals surface area (Å²) in [7, 11) is 2.03. The third-order valence-electron chi connectivity index (χ3n) is 7.28. The highest BCUT2D eigenvalue weighted by atomic mass is 16.2. The Kier molecular flexibility index (Phi) is 4.40. The monoisotopic (exact) mass is 422 g/mol. The maximum absolute atomic E-state index is 14.2. The van der Waals surface area contributed by atoms with Gasteiger partial charge in [0.05, 0.1) is 23.3 Å². The van der Waals surface area contributed by atoms with E-state index in [0.29, 0.717) is 0 Å². The quantitative estimate of drug-likeness (QED) is 0.477. The van der Waals surface area contributed by atoms with Crippen molar-refractivity contribution in [3.63, 3.8) is 0 Å². The van der Waals surface area contributed by atoms with Crippen LogP contribution in [0.1, 0.15) is 24.2 Å². The zero-order chi connectivity index (χ0) is 21.7. The van der Waals surface area contributed by atoms with E-state index in [4.69, 9.17) is 0 Å². The summed E-state index contributed by atoms with van der Waals surface area (Å²) in [4.78, 5) is 23.0. The van der Waals surface area contributed by atoms with Crippen molar-refractivity contribution in [2.24, 2.45) is 7.05 Å². The van der Waals surface area contributed by atoms with Crippen molar-refractivity contribution in [1.29, 1.82) is 0 Å². The Morgan fingerprint density at radius 2 is 1.62 bits per heavy atom. The molecule has 0 saturated carbocycles. The molecule has 1 saturated heterocycles. The number of hydrogen-bond acceptors (Lipinski definition) is 3. The number of para-hydroxylation sites is 1. The zero-order valence-electron chi connectivity index (χ0n) is 18.2. The maximum Gasteiger partial charge on any atom is 0.242 e. The lowest BCUT2D eigenvalue weighted by Crippen LogP contribution is -2.47. The molecule has 0 aliphatic carbocycles. The highest BCUT2D eigenvalue weighted by Crippen LogP contribution is 2.51. The van der Waals surface area contributed by atoms with E-state index in [1.54, 1.807) is 0 Å². The van der Waals surface area contributed by atoms with Crippen LogP contribution >= 0.6 is 0 Å². The van der Waals surface area contributed by atoms with Gasteiger partial charge in [0.25, 0.3) is 0 Å². The van der Waals surface area contributed by atoms with E-state index in [9.17, 15) is 4.79 Å². The van der Waals surface area contributed by atoms with E-state index in [2.05, 4.69) is 56.9 Å². The average molecular weight is 423 g/mol. The number of nitrogens with zero attached hydrogens (tertiary/aromatic N) is 4. The van der Waals surface area contributed by atoms with Crippen LogP contribution in [0.15, 0.2) is 79.1 Å². The first-order chi connectivity index (χ1) is 15.7. The van der Waals surface area contributed by atoms with Crippen LogP contribution in [-0.2, 0) is 23.8 Å². The number of aromatic nitrogens is 2. The van der Waals surface area contributed by atoms with Crippen LogP contribution in [0.3, 0.4) is 0 Å². The minimum Gasteiger partial charge on any atom is -0.337 e. The molecule has 1 spiro atoms. The van der Waals surface area contributed by atoms with Gasteiger partial charge in [0.2, 0.25) is 5.91 Å². The SMILES string of the molecule is Cn1ccnc1CN1CCC2(CC1)C(=O)N(c1cccc3ccccc13)c1ccccc12. The number of aryl methyl sites for hydroxylation is 1. The first-order valence-electron chi connectivity index (χ1n) is 11.3. The molecule has 4 aromatic rings. The van der Waals surface area contributed by atoms with E-state index in [1.807, 2.05) is 48.6 Å². The van der Waals surface area contributed by atoms with E-state index in [-0.39, 0.29) is 5.91 Å². The molecule has 0 N–H and O–H groups in total. The molecule has 32 heavy (non-hydrogen) atoms. The summed E-state index contributed by atoms with van der Waals surface area (Å²) in [5.74, 6) is 1.28. The summed E-state index contributed by atoms with van der Waals surface area (Å²) in [6.07, 6.45) is 5.49. The van der Waals surface area contributed by atoms with E-state index in [0.717, 1.165) is 60.4 Å². The number of amides is 1. The Hall–Kier alpha value is -3.44. The van der Waals surface area contributed by atoms with Gasteiger partial charge in [0, 0.05) is 24.8 Å². The molecule has 0 atom stereocenters. The Bertz CT molecular complexity index is 1310. The van der Waals surface area contributed by atoms with Crippen LogP contribution < -0.4 is 4.90 Å². The highest BCUT2D eigenvalue weighted by Gasteiger charge is 2.52. The fourth-order valence-electron chi connectivity index (χ4n) is 5.48. The molecular formula is C27H26N4O. The average Bonchev–Trinajstić information content (AvgIpc) is 3.34. The van der Waals surface area contributed by atoms with Crippen molar-refractivity contribution in [2.75, 3.05) is 18.0 Å². The molecule has 2 aliphatic rings. The molecule has 0 unspecified atom stereocenters. The van der Waals surface area contributed by atoms with E-state index in [1.165, 1.54) is 5.56 Å². The fourth-order valence-corrected chi connectivity index (χ4v) is 5.48. The first kappa shape index (κ1) is 19.3. The lowest BCUT2D eigenvalue weighted by molar-refractivity contribution is -0.124. The van der Waals surface area contributed by atoms with Gasteiger partial charge in [0.15, 0.2) is 0 Å². The molecule has 5 heteroatoms. The largest absolute Gasteiger partial charge is 0.337 e. The third kappa shape index (κ3) is 2.81. The number of carbonyl (C=O) groups is 1. The van der Waals surface area contributed by atoms with Crippen molar-refractivity contribution < 1.29 is 4.79 Å². The van der Waals surface area contributed by atoms with Gasteiger partial charge >= 0.3 is 0 Å². The Balaban J connectivity index is 1.37. The van der Waals surface area contributed by atoms with E-state index < -0.39 is 5.41 Å². The van der Waals surface area contributed by atoms with Gasteiger partial charge in [-0.05, 0) is 49.0 Å². The number of benzene rings is 3. The number of hydrogen-bond donors (Lipinski definition) is 0. The van der Waals surface area contributed by atoms with Crippen LogP contribution in [0.5, 0.6) is 0 Å². The molecule has 160 valence electrons. The van der Waals surface area contributed by atoms with Crippen LogP contribution in [0.25, 0.3) is 10.8 Å². The number of likely N-dealkylation sites (tertiary alicyclic amines) is 1. The number of fused-ring (bicyclic) bond motifs is 3. The molecular weight excluding hydrogens is 396 g/mol. The van der Waals surface area contributed by atoms with Gasteiger partial charge in [-0.2, -0.15) is 0 Å². The second-order valence-electron chi connectivity index (χ2n) is 8.97. The molecule has 3 aromatic carbocycles. The van der Waals surface area contributed by atoms with Crippen LogP contribution in [0.4, 0.5) is 11.4 Å². The number of imidazole rings is 1. The molecule has 0 bridgehead atoms. The van der Waals surface area contributed by atoms with Crippen molar-refractivity contribution in [3.8, 4) is 0 Å². The minimum absolute atomic E-state index is 0.215. The molecule has 1 aromatic heterocycles. The van der Waals surface area contributed by atoms with Crippen LogP contribution in [-0.4, -0.2) is 33.4 Å². The topological polar surface area (TPSA) is 41.4 Å². The number of piperidine rings is 1. The predicted molar refractivity (Wildman–Crippen MR) is 127 cm³/mol. The van der Waals surface area contributed by atoms with Gasteiger partial charge in [-0.25, -0.2) is 4.98 Å². The molecule has 6 rings (SSSR count). The summed E-state index contributed by atoms with van der Waals surface area (Å²) < 4.78 is 2.07. The summed E-state index contributed by atoms with van der Waals surface area (Å²) in [6, 6.07) is 22.9. The lowest BCUT2D eigenvalue weighted by Gasteiger charge is -2.38. The summed E-state index contributed by atoms with van der Waals surface area (Å²) >= 11 is 0. The molecule has 1 amide bonds. The third-order valence-corrected chi connectivity index (χ3v) is 7.28. The van der Waals surface area contributed by atoms with Crippen LogP contribution in [0, 0.1) is 0 Å². The second kappa shape index (κ2) is 7.31. The number of rotatable bonds is 3. The van der Waals surface area contributed by atoms with Gasteiger partial charge in [-0.3, -0.25) is 14.6 Å². The van der Waals surface area contributed by atoms with Crippen molar-refractivity contribution in [2.45, 2.75) is 24.8 Å². The predicted octanol–water partition coefficient (Wildman–Crippen LogP) is 4.79.